The van der Waals surface area contributed by atoms with Crippen molar-refractivity contribution < 1.29 is 28.8 Å². The summed E-state index contributed by atoms with van der Waals surface area (Å²) in [6, 6.07) is 3.06. The Morgan fingerprint density at radius 2 is 2.23 bits per heavy atom. The van der Waals surface area contributed by atoms with Gasteiger partial charge in [0.15, 0.2) is 0 Å². The molecule has 4 heteroatoms. The zero-order chi connectivity index (χ0) is 8.55. The van der Waals surface area contributed by atoms with Crippen LogP contribution in [0.1, 0.15) is 34.8 Å². The van der Waals surface area contributed by atoms with Crippen LogP contribution in [0.3, 0.4) is 0 Å². The van der Waals surface area contributed by atoms with E-state index >= 15 is 0 Å². The second kappa shape index (κ2) is 3.95. The van der Waals surface area contributed by atoms with Gasteiger partial charge in [-0.1, -0.05) is 0 Å². The van der Waals surface area contributed by atoms with E-state index in [2.05, 4.69) is 4.98 Å². The average Bonchev–Trinajstić information content (AvgIpc) is 2.87. The number of aromatic carboxylic acids is 1. The first kappa shape index (κ1) is 10.3. The van der Waals surface area contributed by atoms with Crippen LogP contribution in [-0.2, 0) is 0 Å². The summed E-state index contributed by atoms with van der Waals surface area (Å²) in [6.07, 6.45) is 3.78. The fourth-order valence-corrected chi connectivity index (χ4v) is 1.18. The van der Waals surface area contributed by atoms with Crippen LogP contribution in [0, 0.1) is 0 Å². The molecule has 1 aliphatic carbocycles. The number of carboxylic acid groups (broad SMARTS) is 1. The molecule has 1 aromatic heterocycles. The third kappa shape index (κ3) is 2.33. The number of carboxylic acids is 1. The summed E-state index contributed by atoms with van der Waals surface area (Å²) >= 11 is 0. The molecule has 0 amide bonds. The van der Waals surface area contributed by atoms with Crippen molar-refractivity contribution in [3.63, 3.8) is 0 Å². The van der Waals surface area contributed by atoms with E-state index in [9.17, 15) is 9.90 Å². The molecule has 1 fully saturated rings. The number of rotatable bonds is 2. The molecule has 0 N–H and O–H groups in total. The van der Waals surface area contributed by atoms with Gasteiger partial charge in [0.25, 0.3) is 0 Å². The molecule has 13 heavy (non-hydrogen) atoms. The predicted molar refractivity (Wildman–Crippen MR) is 40.5 cm³/mol. The van der Waals surface area contributed by atoms with Gasteiger partial charge in [-0.15, -0.1) is 0 Å². The van der Waals surface area contributed by atoms with Crippen molar-refractivity contribution in [1.82, 2.24) is 4.98 Å². The topological polar surface area (TPSA) is 53.0 Å². The SMILES string of the molecule is O=C([O-])c1ccnc(C2CC2)c1.[Li+]. The van der Waals surface area contributed by atoms with E-state index in [-0.39, 0.29) is 24.4 Å². The van der Waals surface area contributed by atoms with Crippen molar-refractivity contribution >= 4 is 5.97 Å². The largest absolute Gasteiger partial charge is 1.00 e. The van der Waals surface area contributed by atoms with Crippen molar-refractivity contribution in [2.24, 2.45) is 0 Å². The number of pyridine rings is 1. The van der Waals surface area contributed by atoms with Crippen LogP contribution in [0.25, 0.3) is 0 Å². The molecule has 62 valence electrons. The molecule has 3 nitrogen and oxygen atoms in total. The Labute approximate surface area is 88.4 Å². The summed E-state index contributed by atoms with van der Waals surface area (Å²) < 4.78 is 0. The fourth-order valence-electron chi connectivity index (χ4n) is 1.18. The average molecular weight is 169 g/mol. The molecule has 0 bridgehead atoms. The van der Waals surface area contributed by atoms with E-state index in [4.69, 9.17) is 0 Å². The van der Waals surface area contributed by atoms with Crippen LogP contribution >= 0.6 is 0 Å². The number of hydrogen-bond donors (Lipinski definition) is 0. The minimum Gasteiger partial charge on any atom is -0.545 e. The summed E-state index contributed by atoms with van der Waals surface area (Å²) in [7, 11) is 0. The van der Waals surface area contributed by atoms with Gasteiger partial charge in [-0.3, -0.25) is 4.98 Å². The Morgan fingerprint density at radius 3 is 2.77 bits per heavy atom. The molecule has 0 atom stereocenters. The molecule has 1 heterocycles. The number of carbonyl (C=O) groups is 1. The van der Waals surface area contributed by atoms with Gasteiger partial charge < -0.3 is 9.90 Å². The van der Waals surface area contributed by atoms with E-state index < -0.39 is 5.97 Å². The first-order valence-electron chi connectivity index (χ1n) is 3.94. The number of aromatic nitrogens is 1. The second-order valence-corrected chi connectivity index (χ2v) is 3.03. The van der Waals surface area contributed by atoms with Gasteiger partial charge in [-0.25, -0.2) is 0 Å². The summed E-state index contributed by atoms with van der Waals surface area (Å²) in [5, 5.41) is 10.5. The molecule has 1 saturated carbocycles. The van der Waals surface area contributed by atoms with E-state index in [1.807, 2.05) is 0 Å². The summed E-state index contributed by atoms with van der Waals surface area (Å²) in [5.74, 6) is -0.636. The van der Waals surface area contributed by atoms with Crippen molar-refractivity contribution in [1.29, 1.82) is 0 Å². The number of hydrogen-bond acceptors (Lipinski definition) is 3. The van der Waals surface area contributed by atoms with Gasteiger partial charge in [0.05, 0.1) is 5.97 Å². The van der Waals surface area contributed by atoms with Crippen LogP contribution in [0.5, 0.6) is 0 Å². The monoisotopic (exact) mass is 169 g/mol. The normalized spacial score (nSPS) is 14.8. The maximum absolute atomic E-state index is 10.5. The maximum atomic E-state index is 10.5. The first-order chi connectivity index (χ1) is 5.77. The molecule has 0 saturated heterocycles. The molecule has 0 radical (unpaired) electrons. The van der Waals surface area contributed by atoms with Gasteiger partial charge in [-0.05, 0) is 25.0 Å². The summed E-state index contributed by atoms with van der Waals surface area (Å²) in [6.45, 7) is 0. The molecular weight excluding hydrogens is 161 g/mol. The third-order valence-electron chi connectivity index (χ3n) is 2.01. The van der Waals surface area contributed by atoms with Crippen LogP contribution in [0.4, 0.5) is 0 Å². The molecule has 0 spiro atoms. The van der Waals surface area contributed by atoms with Crippen molar-refractivity contribution in [3.8, 4) is 0 Å². The molecule has 0 aliphatic heterocycles. The maximum Gasteiger partial charge on any atom is 1.00 e. The van der Waals surface area contributed by atoms with Gasteiger partial charge >= 0.3 is 18.9 Å². The predicted octanol–water partition coefficient (Wildman–Crippen LogP) is -2.67. The molecule has 2 rings (SSSR count). The molecule has 1 aliphatic rings. The molecule has 0 unspecified atom stereocenters. The molecule has 0 aromatic carbocycles. The van der Waals surface area contributed by atoms with Gasteiger partial charge in [-0.2, -0.15) is 0 Å². The van der Waals surface area contributed by atoms with Crippen molar-refractivity contribution in [3.05, 3.63) is 29.6 Å². The van der Waals surface area contributed by atoms with E-state index in [0.717, 1.165) is 18.5 Å². The Hall–Kier alpha value is -0.783. The zero-order valence-electron chi connectivity index (χ0n) is 7.49. The standard InChI is InChI=1S/C9H9NO2.Li/c11-9(12)7-3-4-10-8(5-7)6-1-2-6;/h3-6H,1-2H2,(H,11,12);/q;+1/p-1. The summed E-state index contributed by atoms with van der Waals surface area (Å²) in [5.41, 5.74) is 1.11. The van der Waals surface area contributed by atoms with Crippen LogP contribution in [0.2, 0.25) is 0 Å². The van der Waals surface area contributed by atoms with Crippen LogP contribution in [0.15, 0.2) is 18.3 Å². The Balaban J connectivity index is 0.000000845. The zero-order valence-corrected chi connectivity index (χ0v) is 7.49. The Bertz CT molecular complexity index is 323. The summed E-state index contributed by atoms with van der Waals surface area (Å²) in [4.78, 5) is 14.5. The molecule has 1 aromatic rings. The van der Waals surface area contributed by atoms with Crippen molar-refractivity contribution in [2.45, 2.75) is 18.8 Å². The fraction of sp³-hybridized carbons (Fsp3) is 0.333. The second-order valence-electron chi connectivity index (χ2n) is 3.03. The minimum atomic E-state index is -1.13. The Morgan fingerprint density at radius 1 is 1.54 bits per heavy atom. The number of nitrogens with zero attached hydrogens (tertiary/aromatic N) is 1. The van der Waals surface area contributed by atoms with Crippen LogP contribution < -0.4 is 24.0 Å². The Kier molecular flexibility index (Phi) is 3.13. The molecular formula is C9H8LiNO2. The van der Waals surface area contributed by atoms with E-state index in [1.54, 1.807) is 6.07 Å². The van der Waals surface area contributed by atoms with Gasteiger partial charge in [0.2, 0.25) is 0 Å². The first-order valence-corrected chi connectivity index (χ1v) is 3.94. The smallest absolute Gasteiger partial charge is 0.545 e. The quantitative estimate of drug-likeness (QED) is 0.453. The minimum absolute atomic E-state index is 0. The van der Waals surface area contributed by atoms with Crippen molar-refractivity contribution in [2.75, 3.05) is 0 Å². The third-order valence-corrected chi connectivity index (χ3v) is 2.01. The number of carbonyl (C=O) groups excluding carboxylic acids is 1. The van der Waals surface area contributed by atoms with Gasteiger partial charge in [0, 0.05) is 23.4 Å². The van der Waals surface area contributed by atoms with E-state index in [0.29, 0.717) is 5.92 Å². The van der Waals surface area contributed by atoms with Gasteiger partial charge in [0.1, 0.15) is 0 Å². The van der Waals surface area contributed by atoms with Crippen LogP contribution in [-0.4, -0.2) is 11.0 Å². The van der Waals surface area contributed by atoms with E-state index in [1.165, 1.54) is 12.3 Å².